The van der Waals surface area contributed by atoms with Crippen LogP contribution >= 0.6 is 11.6 Å². The van der Waals surface area contributed by atoms with Crippen LogP contribution < -0.4 is 15.6 Å². The van der Waals surface area contributed by atoms with Gasteiger partial charge in [0.25, 0.3) is 11.5 Å². The van der Waals surface area contributed by atoms with Gasteiger partial charge in [0.2, 0.25) is 0 Å². The van der Waals surface area contributed by atoms with Gasteiger partial charge in [0.1, 0.15) is 10.9 Å². The molecule has 3 heterocycles. The molecular formula is C15H14ClN3O3. The van der Waals surface area contributed by atoms with Crippen LogP contribution in [-0.2, 0) is 17.9 Å². The van der Waals surface area contributed by atoms with Crippen molar-refractivity contribution in [2.45, 2.75) is 25.9 Å². The van der Waals surface area contributed by atoms with Gasteiger partial charge in [-0.05, 0) is 30.5 Å². The summed E-state index contributed by atoms with van der Waals surface area (Å²) in [4.78, 5) is 24.0. The van der Waals surface area contributed by atoms with Gasteiger partial charge in [0.15, 0.2) is 6.61 Å². The topological polar surface area (TPSA) is 65.3 Å². The maximum absolute atomic E-state index is 12.6. The smallest absolute Gasteiger partial charge is 0.276 e. The molecule has 2 aliphatic heterocycles. The Morgan fingerprint density at radius 1 is 1.14 bits per heavy atom. The summed E-state index contributed by atoms with van der Waals surface area (Å²) in [6.45, 7) is 1.44. The maximum atomic E-state index is 12.6. The molecule has 6 nitrogen and oxygen atoms in total. The Morgan fingerprint density at radius 3 is 2.68 bits per heavy atom. The minimum Gasteiger partial charge on any atom is -0.482 e. The molecule has 0 atom stereocenters. The van der Waals surface area contributed by atoms with Crippen LogP contribution in [0.5, 0.6) is 5.75 Å². The molecule has 0 saturated carbocycles. The van der Waals surface area contributed by atoms with E-state index in [1.54, 1.807) is 22.9 Å². The standard InChI is InChI=1S/C15H14ClN3O3/c16-14-13(15(21)19-6-2-1-5-18(14)19)9-3-4-11-10(7-9)17-12(20)8-22-11/h3-4,7H,1-2,5-6,8H2,(H,17,20). The third-order valence-electron chi connectivity index (χ3n) is 4.06. The van der Waals surface area contributed by atoms with Crippen LogP contribution in [0, 0.1) is 0 Å². The molecule has 0 aliphatic carbocycles. The first kappa shape index (κ1) is 13.5. The summed E-state index contributed by atoms with van der Waals surface area (Å²) in [6.07, 6.45) is 2.00. The van der Waals surface area contributed by atoms with Crippen molar-refractivity contribution in [2.75, 3.05) is 11.9 Å². The summed E-state index contributed by atoms with van der Waals surface area (Å²) in [7, 11) is 0. The Bertz CT molecular complexity index is 837. The highest BCUT2D eigenvalue weighted by molar-refractivity contribution is 6.32. The molecule has 22 heavy (non-hydrogen) atoms. The Labute approximate surface area is 131 Å². The lowest BCUT2D eigenvalue weighted by Crippen LogP contribution is -2.27. The molecule has 1 N–H and O–H groups in total. The molecule has 0 saturated heterocycles. The summed E-state index contributed by atoms with van der Waals surface area (Å²) in [6, 6.07) is 5.29. The Balaban J connectivity index is 1.86. The van der Waals surface area contributed by atoms with Crippen molar-refractivity contribution in [1.29, 1.82) is 0 Å². The van der Waals surface area contributed by atoms with Crippen molar-refractivity contribution in [2.24, 2.45) is 0 Å². The number of nitrogens with zero attached hydrogens (tertiary/aromatic N) is 2. The Morgan fingerprint density at radius 2 is 1.91 bits per heavy atom. The van der Waals surface area contributed by atoms with Gasteiger partial charge in [-0.25, -0.2) is 4.68 Å². The van der Waals surface area contributed by atoms with E-state index in [9.17, 15) is 9.59 Å². The summed E-state index contributed by atoms with van der Waals surface area (Å²) in [5.41, 5.74) is 1.64. The fourth-order valence-electron chi connectivity index (χ4n) is 3.01. The molecule has 1 aromatic carbocycles. The molecule has 0 radical (unpaired) electrons. The molecule has 0 fully saturated rings. The third-order valence-corrected chi connectivity index (χ3v) is 4.45. The number of rotatable bonds is 1. The zero-order valence-electron chi connectivity index (χ0n) is 11.8. The Hall–Kier alpha value is -2.21. The lowest BCUT2D eigenvalue weighted by atomic mass is 10.1. The van der Waals surface area contributed by atoms with E-state index in [1.165, 1.54) is 0 Å². The number of hydrogen-bond acceptors (Lipinski definition) is 3. The minimum atomic E-state index is -0.205. The number of amides is 1. The fourth-order valence-corrected chi connectivity index (χ4v) is 3.37. The molecule has 0 unspecified atom stereocenters. The number of ether oxygens (including phenoxy) is 1. The Kier molecular flexibility index (Phi) is 3.00. The minimum absolute atomic E-state index is 0.0102. The van der Waals surface area contributed by atoms with E-state index in [-0.39, 0.29) is 18.1 Å². The van der Waals surface area contributed by atoms with Gasteiger partial charge in [-0.15, -0.1) is 0 Å². The van der Waals surface area contributed by atoms with Gasteiger partial charge in [-0.2, -0.15) is 0 Å². The second kappa shape index (κ2) is 4.91. The van der Waals surface area contributed by atoms with Crippen molar-refractivity contribution in [3.8, 4) is 16.9 Å². The van der Waals surface area contributed by atoms with E-state index in [0.29, 0.717) is 34.3 Å². The second-order valence-electron chi connectivity index (χ2n) is 5.47. The average Bonchev–Trinajstić information content (AvgIpc) is 2.79. The molecule has 1 aromatic heterocycles. The van der Waals surface area contributed by atoms with Crippen molar-refractivity contribution in [3.05, 3.63) is 33.7 Å². The maximum Gasteiger partial charge on any atom is 0.276 e. The van der Waals surface area contributed by atoms with Gasteiger partial charge < -0.3 is 10.1 Å². The quantitative estimate of drug-likeness (QED) is 0.875. The van der Waals surface area contributed by atoms with Crippen LogP contribution in [0.4, 0.5) is 5.69 Å². The van der Waals surface area contributed by atoms with Crippen molar-refractivity contribution in [3.63, 3.8) is 0 Å². The summed E-state index contributed by atoms with van der Waals surface area (Å²) in [5, 5.41) is 3.20. The number of fused-ring (bicyclic) bond motifs is 2. The number of nitrogens with one attached hydrogen (secondary N) is 1. The summed E-state index contributed by atoms with van der Waals surface area (Å²) in [5.74, 6) is 0.396. The molecule has 114 valence electrons. The summed E-state index contributed by atoms with van der Waals surface area (Å²) >= 11 is 6.42. The third kappa shape index (κ3) is 1.94. The zero-order chi connectivity index (χ0) is 15.3. The molecular weight excluding hydrogens is 306 g/mol. The van der Waals surface area contributed by atoms with Gasteiger partial charge >= 0.3 is 0 Å². The van der Waals surface area contributed by atoms with Crippen molar-refractivity contribution < 1.29 is 9.53 Å². The number of anilines is 1. The van der Waals surface area contributed by atoms with Crippen LogP contribution in [0.3, 0.4) is 0 Å². The molecule has 1 amide bonds. The fraction of sp³-hybridized carbons (Fsp3) is 0.333. The van der Waals surface area contributed by atoms with Gasteiger partial charge in [-0.1, -0.05) is 17.7 Å². The molecule has 2 aliphatic rings. The zero-order valence-corrected chi connectivity index (χ0v) is 12.5. The first-order valence-electron chi connectivity index (χ1n) is 7.21. The number of carbonyl (C=O) groups is 1. The van der Waals surface area contributed by atoms with Crippen molar-refractivity contribution >= 4 is 23.2 Å². The number of benzene rings is 1. The highest BCUT2D eigenvalue weighted by Gasteiger charge is 2.23. The lowest BCUT2D eigenvalue weighted by molar-refractivity contribution is -0.118. The highest BCUT2D eigenvalue weighted by Crippen LogP contribution is 2.34. The predicted octanol–water partition coefficient (Wildman–Crippen LogP) is 2.09. The number of halogens is 1. The second-order valence-corrected chi connectivity index (χ2v) is 5.83. The van der Waals surface area contributed by atoms with E-state index >= 15 is 0 Å². The van der Waals surface area contributed by atoms with E-state index in [1.807, 2.05) is 4.68 Å². The van der Waals surface area contributed by atoms with Gasteiger partial charge in [-0.3, -0.25) is 14.3 Å². The molecule has 2 aromatic rings. The number of carbonyl (C=O) groups excluding carboxylic acids is 1. The molecule has 7 heteroatoms. The van der Waals surface area contributed by atoms with E-state index in [0.717, 1.165) is 19.4 Å². The van der Waals surface area contributed by atoms with E-state index in [4.69, 9.17) is 16.3 Å². The van der Waals surface area contributed by atoms with E-state index < -0.39 is 0 Å². The first-order chi connectivity index (χ1) is 10.6. The van der Waals surface area contributed by atoms with Crippen LogP contribution in [0.1, 0.15) is 12.8 Å². The molecule has 4 rings (SSSR count). The molecule has 0 spiro atoms. The average molecular weight is 320 g/mol. The van der Waals surface area contributed by atoms with Gasteiger partial charge in [0, 0.05) is 13.1 Å². The van der Waals surface area contributed by atoms with E-state index in [2.05, 4.69) is 5.32 Å². The SMILES string of the molecule is O=C1COc2ccc(-c3c(Cl)n4n(c3=O)CCCC4)cc2N1. The van der Waals surface area contributed by atoms with Crippen LogP contribution in [0.15, 0.2) is 23.0 Å². The normalized spacial score (nSPS) is 16.5. The van der Waals surface area contributed by atoms with Crippen LogP contribution in [0.25, 0.3) is 11.1 Å². The van der Waals surface area contributed by atoms with Crippen molar-refractivity contribution in [1.82, 2.24) is 9.36 Å². The number of hydrogen-bond donors (Lipinski definition) is 1. The predicted molar refractivity (Wildman–Crippen MR) is 82.5 cm³/mol. The first-order valence-corrected chi connectivity index (χ1v) is 7.59. The van der Waals surface area contributed by atoms with Crippen LogP contribution in [0.2, 0.25) is 5.15 Å². The largest absolute Gasteiger partial charge is 0.482 e. The van der Waals surface area contributed by atoms with Crippen LogP contribution in [-0.4, -0.2) is 21.9 Å². The lowest BCUT2D eigenvalue weighted by Gasteiger charge is -2.18. The monoisotopic (exact) mass is 319 g/mol. The molecule has 0 bridgehead atoms. The van der Waals surface area contributed by atoms with Gasteiger partial charge in [0.05, 0.1) is 11.3 Å². The number of aromatic nitrogens is 2. The highest BCUT2D eigenvalue weighted by atomic mass is 35.5. The summed E-state index contributed by atoms with van der Waals surface area (Å²) < 4.78 is 8.86.